The minimum Gasteiger partial charge on any atom is -0.383 e. The molecule has 2 saturated heterocycles. The number of hydrogen-bond acceptors (Lipinski definition) is 3. The lowest BCUT2D eigenvalue weighted by atomic mass is 10.1. The van der Waals surface area contributed by atoms with E-state index in [1.54, 1.807) is 0 Å². The maximum atomic E-state index is 11.5. The highest BCUT2D eigenvalue weighted by Gasteiger charge is 2.34. The molecule has 1 atom stereocenters. The van der Waals surface area contributed by atoms with E-state index in [4.69, 9.17) is 0 Å². The van der Waals surface area contributed by atoms with Crippen molar-refractivity contribution in [2.75, 3.05) is 19.6 Å². The quantitative estimate of drug-likeness (QED) is 0.568. The van der Waals surface area contributed by atoms with Crippen LogP contribution in [0.25, 0.3) is 0 Å². The molecule has 0 aromatic rings. The van der Waals surface area contributed by atoms with E-state index in [0.717, 1.165) is 32.5 Å². The molecule has 0 aliphatic carbocycles. The van der Waals surface area contributed by atoms with Crippen molar-refractivity contribution in [2.24, 2.45) is 0 Å². The highest BCUT2D eigenvalue weighted by atomic mass is 16.3. The zero-order valence-electron chi connectivity index (χ0n) is 7.70. The number of hydrogen-bond donors (Lipinski definition) is 2. The molecular formula is C9H16N2O2. The molecule has 4 nitrogen and oxygen atoms in total. The van der Waals surface area contributed by atoms with E-state index in [2.05, 4.69) is 5.32 Å². The van der Waals surface area contributed by atoms with Gasteiger partial charge in [0.2, 0.25) is 0 Å². The standard InChI is InChI=1S/C9H16N2O2/c12-8-3-6-11(9(8)13)7-1-4-10-5-2-7/h7-8,10,12H,1-6H2/t8-/m0/s1. The zero-order chi connectivity index (χ0) is 9.26. The minimum absolute atomic E-state index is 0.0631. The summed E-state index contributed by atoms with van der Waals surface area (Å²) in [5.74, 6) is -0.0631. The largest absolute Gasteiger partial charge is 0.383 e. The molecule has 1 amide bonds. The molecule has 0 bridgehead atoms. The Morgan fingerprint density at radius 1 is 1.31 bits per heavy atom. The Labute approximate surface area is 77.9 Å². The maximum absolute atomic E-state index is 11.5. The second-order valence-corrected chi connectivity index (χ2v) is 3.82. The second kappa shape index (κ2) is 3.64. The molecular weight excluding hydrogens is 168 g/mol. The lowest BCUT2D eigenvalue weighted by Gasteiger charge is -2.31. The molecule has 0 unspecified atom stereocenters. The average molecular weight is 184 g/mol. The van der Waals surface area contributed by atoms with Crippen LogP contribution >= 0.6 is 0 Å². The summed E-state index contributed by atoms with van der Waals surface area (Å²) < 4.78 is 0. The average Bonchev–Trinajstić information content (AvgIpc) is 2.49. The fraction of sp³-hybridized carbons (Fsp3) is 0.889. The Bertz CT molecular complexity index is 202. The predicted octanol–water partition coefficient (Wildman–Crippen LogP) is -0.668. The molecule has 4 heteroatoms. The minimum atomic E-state index is -0.727. The van der Waals surface area contributed by atoms with Gasteiger partial charge in [0.15, 0.2) is 0 Å². The van der Waals surface area contributed by atoms with Gasteiger partial charge in [-0.15, -0.1) is 0 Å². The first-order valence-corrected chi connectivity index (χ1v) is 4.98. The van der Waals surface area contributed by atoms with E-state index in [-0.39, 0.29) is 5.91 Å². The maximum Gasteiger partial charge on any atom is 0.251 e. The number of carbonyl (C=O) groups is 1. The predicted molar refractivity (Wildman–Crippen MR) is 48.2 cm³/mol. The topological polar surface area (TPSA) is 52.6 Å². The Kier molecular flexibility index (Phi) is 2.51. The van der Waals surface area contributed by atoms with E-state index in [1.165, 1.54) is 0 Å². The first-order chi connectivity index (χ1) is 6.29. The Morgan fingerprint density at radius 2 is 2.00 bits per heavy atom. The van der Waals surface area contributed by atoms with Crippen molar-refractivity contribution in [3.63, 3.8) is 0 Å². The third-order valence-corrected chi connectivity index (χ3v) is 2.96. The molecule has 74 valence electrons. The van der Waals surface area contributed by atoms with Crippen LogP contribution in [0.1, 0.15) is 19.3 Å². The third kappa shape index (κ3) is 1.69. The summed E-state index contributed by atoms with van der Waals surface area (Å²) >= 11 is 0. The summed E-state index contributed by atoms with van der Waals surface area (Å²) in [7, 11) is 0. The molecule has 0 radical (unpaired) electrons. The first kappa shape index (κ1) is 8.97. The van der Waals surface area contributed by atoms with Crippen molar-refractivity contribution >= 4 is 5.91 Å². The van der Waals surface area contributed by atoms with Gasteiger partial charge in [0.1, 0.15) is 6.10 Å². The Hall–Kier alpha value is -0.610. The normalized spacial score (nSPS) is 31.3. The Balaban J connectivity index is 1.96. The first-order valence-electron chi connectivity index (χ1n) is 4.98. The van der Waals surface area contributed by atoms with E-state index in [1.807, 2.05) is 4.90 Å². The fourth-order valence-corrected chi connectivity index (χ4v) is 2.17. The third-order valence-electron chi connectivity index (χ3n) is 2.96. The van der Waals surface area contributed by atoms with Gasteiger partial charge in [-0.2, -0.15) is 0 Å². The molecule has 2 aliphatic heterocycles. The smallest absolute Gasteiger partial charge is 0.251 e. The lowest BCUT2D eigenvalue weighted by molar-refractivity contribution is -0.136. The summed E-state index contributed by atoms with van der Waals surface area (Å²) in [6.07, 6.45) is 1.94. The van der Waals surface area contributed by atoms with Gasteiger partial charge >= 0.3 is 0 Å². The van der Waals surface area contributed by atoms with Crippen molar-refractivity contribution in [2.45, 2.75) is 31.4 Å². The SMILES string of the molecule is O=C1[C@@H](O)CCN1C1CCNCC1. The van der Waals surface area contributed by atoms with E-state index in [9.17, 15) is 9.90 Å². The summed E-state index contributed by atoms with van der Waals surface area (Å²) in [5, 5.41) is 12.6. The van der Waals surface area contributed by atoms with Crippen LogP contribution in [0.15, 0.2) is 0 Å². The molecule has 2 fully saturated rings. The van der Waals surface area contributed by atoms with Gasteiger partial charge in [0.05, 0.1) is 0 Å². The van der Waals surface area contributed by atoms with E-state index < -0.39 is 6.10 Å². The van der Waals surface area contributed by atoms with Gasteiger partial charge < -0.3 is 15.3 Å². The van der Waals surface area contributed by atoms with Crippen LogP contribution in [0.4, 0.5) is 0 Å². The second-order valence-electron chi connectivity index (χ2n) is 3.82. The highest BCUT2D eigenvalue weighted by molar-refractivity contribution is 5.83. The van der Waals surface area contributed by atoms with Crippen molar-refractivity contribution in [1.29, 1.82) is 0 Å². The molecule has 2 heterocycles. The summed E-state index contributed by atoms with van der Waals surface area (Å²) in [5.41, 5.74) is 0. The fourth-order valence-electron chi connectivity index (χ4n) is 2.17. The number of likely N-dealkylation sites (tertiary alicyclic amines) is 1. The van der Waals surface area contributed by atoms with E-state index in [0.29, 0.717) is 12.5 Å². The van der Waals surface area contributed by atoms with Gasteiger partial charge in [-0.05, 0) is 32.4 Å². The van der Waals surface area contributed by atoms with Crippen LogP contribution in [0.5, 0.6) is 0 Å². The molecule has 2 aliphatic rings. The monoisotopic (exact) mass is 184 g/mol. The van der Waals surface area contributed by atoms with Crippen LogP contribution in [-0.4, -0.2) is 47.7 Å². The number of nitrogens with one attached hydrogen (secondary N) is 1. The number of rotatable bonds is 1. The lowest BCUT2D eigenvalue weighted by Crippen LogP contribution is -2.44. The highest BCUT2D eigenvalue weighted by Crippen LogP contribution is 2.19. The summed E-state index contributed by atoms with van der Waals surface area (Å²) in [6, 6.07) is 0.367. The summed E-state index contributed by atoms with van der Waals surface area (Å²) in [6.45, 7) is 2.72. The van der Waals surface area contributed by atoms with Gasteiger partial charge in [-0.1, -0.05) is 0 Å². The molecule has 0 aromatic carbocycles. The number of carbonyl (C=O) groups excluding carboxylic acids is 1. The van der Waals surface area contributed by atoms with Crippen molar-refractivity contribution < 1.29 is 9.90 Å². The number of piperidine rings is 1. The number of nitrogens with zero attached hydrogens (tertiary/aromatic N) is 1. The molecule has 0 aromatic heterocycles. The molecule has 0 saturated carbocycles. The van der Waals surface area contributed by atoms with Crippen LogP contribution in [0.2, 0.25) is 0 Å². The van der Waals surface area contributed by atoms with Crippen molar-refractivity contribution in [3.05, 3.63) is 0 Å². The van der Waals surface area contributed by atoms with Crippen LogP contribution in [0.3, 0.4) is 0 Å². The van der Waals surface area contributed by atoms with Crippen molar-refractivity contribution in [1.82, 2.24) is 10.2 Å². The summed E-state index contributed by atoms with van der Waals surface area (Å²) in [4.78, 5) is 13.3. The number of aliphatic hydroxyl groups excluding tert-OH is 1. The van der Waals surface area contributed by atoms with Gasteiger partial charge in [-0.25, -0.2) is 0 Å². The van der Waals surface area contributed by atoms with Gasteiger partial charge in [0, 0.05) is 12.6 Å². The number of aliphatic hydroxyl groups is 1. The van der Waals surface area contributed by atoms with Crippen LogP contribution in [-0.2, 0) is 4.79 Å². The zero-order valence-corrected chi connectivity index (χ0v) is 7.70. The molecule has 2 rings (SSSR count). The van der Waals surface area contributed by atoms with Gasteiger partial charge in [-0.3, -0.25) is 4.79 Å². The molecule has 0 spiro atoms. The number of amides is 1. The molecule has 2 N–H and O–H groups in total. The molecule has 13 heavy (non-hydrogen) atoms. The van der Waals surface area contributed by atoms with Crippen LogP contribution < -0.4 is 5.32 Å². The van der Waals surface area contributed by atoms with Crippen molar-refractivity contribution in [3.8, 4) is 0 Å². The van der Waals surface area contributed by atoms with Crippen LogP contribution in [0, 0.1) is 0 Å². The Morgan fingerprint density at radius 3 is 2.54 bits per heavy atom. The van der Waals surface area contributed by atoms with E-state index >= 15 is 0 Å². The van der Waals surface area contributed by atoms with Gasteiger partial charge in [0.25, 0.3) is 5.91 Å².